The summed E-state index contributed by atoms with van der Waals surface area (Å²) in [5.41, 5.74) is 3.21. The van der Waals surface area contributed by atoms with Crippen LogP contribution in [0.1, 0.15) is 30.4 Å². The first-order chi connectivity index (χ1) is 14.4. The zero-order chi connectivity index (χ0) is 21.3. The van der Waals surface area contributed by atoms with Gasteiger partial charge in [0.2, 0.25) is 17.7 Å². The number of hydrogen-bond acceptors (Lipinski definition) is 4. The molecule has 2 aliphatic heterocycles. The van der Waals surface area contributed by atoms with Crippen molar-refractivity contribution in [3.05, 3.63) is 52.7 Å². The monoisotopic (exact) mass is 427 g/mol. The van der Waals surface area contributed by atoms with Crippen LogP contribution in [-0.2, 0) is 9.59 Å². The Bertz CT molecular complexity index is 956. The van der Waals surface area contributed by atoms with Gasteiger partial charge in [-0.2, -0.15) is 0 Å². The van der Waals surface area contributed by atoms with Gasteiger partial charge in [-0.25, -0.2) is 4.98 Å². The Labute approximate surface area is 181 Å². The number of aryl methyl sites for hydroxylation is 2. The van der Waals surface area contributed by atoms with Crippen LogP contribution in [0.5, 0.6) is 5.88 Å². The van der Waals surface area contributed by atoms with E-state index in [-0.39, 0.29) is 30.3 Å². The summed E-state index contributed by atoms with van der Waals surface area (Å²) in [6, 6.07) is 9.51. The molecule has 2 aromatic rings. The lowest BCUT2D eigenvalue weighted by atomic mass is 10.0. The minimum atomic E-state index is -0.290. The summed E-state index contributed by atoms with van der Waals surface area (Å²) >= 11 is 6.12. The van der Waals surface area contributed by atoms with E-state index >= 15 is 0 Å². The van der Waals surface area contributed by atoms with E-state index in [4.69, 9.17) is 16.3 Å². The number of nitrogens with zero attached hydrogens (tertiary/aromatic N) is 3. The van der Waals surface area contributed by atoms with Crippen molar-refractivity contribution in [1.29, 1.82) is 0 Å². The lowest BCUT2D eigenvalue weighted by Crippen LogP contribution is -2.45. The fourth-order valence-electron chi connectivity index (χ4n) is 4.08. The summed E-state index contributed by atoms with van der Waals surface area (Å²) < 4.78 is 5.91. The van der Waals surface area contributed by atoms with Gasteiger partial charge in [-0.1, -0.05) is 17.7 Å². The molecule has 7 heteroatoms. The van der Waals surface area contributed by atoms with Gasteiger partial charge in [0, 0.05) is 50.8 Å². The highest BCUT2D eigenvalue weighted by Crippen LogP contribution is 2.29. The number of halogens is 1. The third-order valence-corrected chi connectivity index (χ3v) is 6.32. The van der Waals surface area contributed by atoms with Gasteiger partial charge in [0.15, 0.2) is 0 Å². The molecule has 1 aromatic carbocycles. The van der Waals surface area contributed by atoms with Crippen molar-refractivity contribution >= 4 is 29.1 Å². The zero-order valence-electron chi connectivity index (χ0n) is 17.3. The Kier molecular flexibility index (Phi) is 5.95. The van der Waals surface area contributed by atoms with E-state index in [1.165, 1.54) is 5.56 Å². The highest BCUT2D eigenvalue weighted by atomic mass is 35.5. The smallest absolute Gasteiger partial charge is 0.232 e. The molecule has 0 saturated carbocycles. The number of rotatable bonds is 4. The van der Waals surface area contributed by atoms with Gasteiger partial charge in [0.1, 0.15) is 11.1 Å². The number of ether oxygens (including phenoxy) is 1. The number of hydrogen-bond donors (Lipinski definition) is 0. The van der Waals surface area contributed by atoms with Gasteiger partial charge in [-0.3, -0.25) is 9.59 Å². The van der Waals surface area contributed by atoms with Crippen LogP contribution in [0, 0.1) is 19.8 Å². The van der Waals surface area contributed by atoms with Gasteiger partial charge >= 0.3 is 0 Å². The third kappa shape index (κ3) is 4.29. The highest BCUT2D eigenvalue weighted by Gasteiger charge is 2.38. The number of piperidine rings is 1. The maximum Gasteiger partial charge on any atom is 0.232 e. The number of carbonyl (C=O) groups excluding carboxylic acids is 2. The molecular weight excluding hydrogens is 402 g/mol. The standard InChI is InChI=1S/C23H26ClN3O3/c1-15-5-6-18(12-16(15)2)27-14-17(13-21(27)28)23(29)26-10-7-19(8-11-26)30-22-20(24)4-3-9-25-22/h3-6,9,12,17,19H,7-8,10-11,13-14H2,1-2H3/t17-/m0/s1. The normalized spacial score (nSPS) is 20.0. The Hall–Kier alpha value is -2.60. The molecule has 6 nitrogen and oxygen atoms in total. The molecule has 1 atom stereocenters. The van der Waals surface area contributed by atoms with E-state index in [1.54, 1.807) is 23.2 Å². The van der Waals surface area contributed by atoms with Crippen LogP contribution in [0.3, 0.4) is 0 Å². The number of likely N-dealkylation sites (tertiary alicyclic amines) is 1. The SMILES string of the molecule is Cc1ccc(N2C[C@@H](C(=O)N3CCC(Oc4ncccc4Cl)CC3)CC2=O)cc1C. The summed E-state index contributed by atoms with van der Waals surface area (Å²) in [6.45, 7) is 5.75. The van der Waals surface area contributed by atoms with Crippen LogP contribution in [0.4, 0.5) is 5.69 Å². The summed E-state index contributed by atoms with van der Waals surface area (Å²) in [5, 5.41) is 0.493. The molecule has 0 unspecified atom stereocenters. The number of benzene rings is 1. The van der Waals surface area contributed by atoms with Crippen molar-refractivity contribution in [3.8, 4) is 5.88 Å². The fourth-order valence-corrected chi connectivity index (χ4v) is 4.25. The van der Waals surface area contributed by atoms with Crippen LogP contribution in [0.15, 0.2) is 36.5 Å². The molecule has 0 radical (unpaired) electrons. The van der Waals surface area contributed by atoms with E-state index in [0.29, 0.717) is 30.5 Å². The van der Waals surface area contributed by atoms with Gasteiger partial charge in [-0.15, -0.1) is 0 Å². The second-order valence-corrected chi connectivity index (χ2v) is 8.51. The van der Waals surface area contributed by atoms with Crippen molar-refractivity contribution < 1.29 is 14.3 Å². The molecule has 2 saturated heterocycles. The van der Waals surface area contributed by atoms with Crippen molar-refractivity contribution in [3.63, 3.8) is 0 Å². The molecule has 3 heterocycles. The first kappa shape index (κ1) is 20.7. The maximum atomic E-state index is 13.0. The molecule has 0 N–H and O–H groups in total. The first-order valence-electron chi connectivity index (χ1n) is 10.4. The van der Waals surface area contributed by atoms with Crippen molar-refractivity contribution in [2.45, 2.75) is 39.2 Å². The molecule has 2 amide bonds. The number of pyridine rings is 1. The van der Waals surface area contributed by atoms with Gasteiger partial charge in [0.05, 0.1) is 5.92 Å². The third-order valence-electron chi connectivity index (χ3n) is 6.03. The molecule has 2 fully saturated rings. The summed E-state index contributed by atoms with van der Waals surface area (Å²) in [6.07, 6.45) is 3.35. The summed E-state index contributed by atoms with van der Waals surface area (Å²) in [4.78, 5) is 33.4. The molecule has 30 heavy (non-hydrogen) atoms. The molecule has 4 rings (SSSR count). The minimum absolute atomic E-state index is 0.0135. The number of anilines is 1. The van der Waals surface area contributed by atoms with E-state index in [0.717, 1.165) is 24.1 Å². The molecule has 0 bridgehead atoms. The minimum Gasteiger partial charge on any atom is -0.473 e. The average Bonchev–Trinajstić information content (AvgIpc) is 3.13. The van der Waals surface area contributed by atoms with E-state index in [1.807, 2.05) is 36.9 Å². The van der Waals surface area contributed by atoms with E-state index in [9.17, 15) is 9.59 Å². The van der Waals surface area contributed by atoms with Crippen LogP contribution in [0.25, 0.3) is 0 Å². The zero-order valence-corrected chi connectivity index (χ0v) is 18.1. The summed E-state index contributed by atoms with van der Waals surface area (Å²) in [5.74, 6) is 0.222. The molecule has 0 spiro atoms. The topological polar surface area (TPSA) is 62.7 Å². The Morgan fingerprint density at radius 2 is 1.93 bits per heavy atom. The van der Waals surface area contributed by atoms with Crippen molar-refractivity contribution in [2.24, 2.45) is 5.92 Å². The molecule has 2 aliphatic rings. The van der Waals surface area contributed by atoms with Gasteiger partial charge in [-0.05, 0) is 49.2 Å². The van der Waals surface area contributed by atoms with Crippen LogP contribution in [-0.4, -0.2) is 47.4 Å². The molecular formula is C23H26ClN3O3. The fraction of sp³-hybridized carbons (Fsp3) is 0.435. The lowest BCUT2D eigenvalue weighted by Gasteiger charge is -2.33. The van der Waals surface area contributed by atoms with Crippen LogP contribution >= 0.6 is 11.6 Å². The Morgan fingerprint density at radius 3 is 2.63 bits per heavy atom. The molecule has 158 valence electrons. The molecule has 0 aliphatic carbocycles. The van der Waals surface area contributed by atoms with E-state index in [2.05, 4.69) is 4.98 Å². The van der Waals surface area contributed by atoms with E-state index < -0.39 is 0 Å². The highest BCUT2D eigenvalue weighted by molar-refractivity contribution is 6.31. The van der Waals surface area contributed by atoms with Gasteiger partial charge < -0.3 is 14.5 Å². The quantitative estimate of drug-likeness (QED) is 0.745. The summed E-state index contributed by atoms with van der Waals surface area (Å²) in [7, 11) is 0. The number of amides is 2. The lowest BCUT2D eigenvalue weighted by molar-refractivity contribution is -0.137. The largest absolute Gasteiger partial charge is 0.473 e. The van der Waals surface area contributed by atoms with Crippen LogP contribution < -0.4 is 9.64 Å². The second kappa shape index (κ2) is 8.64. The number of aromatic nitrogens is 1. The maximum absolute atomic E-state index is 13.0. The van der Waals surface area contributed by atoms with Crippen molar-refractivity contribution in [2.75, 3.05) is 24.5 Å². The van der Waals surface area contributed by atoms with Gasteiger partial charge in [0.25, 0.3) is 0 Å². The Morgan fingerprint density at radius 1 is 1.17 bits per heavy atom. The Balaban J connectivity index is 1.34. The van der Waals surface area contributed by atoms with Crippen LogP contribution in [0.2, 0.25) is 5.02 Å². The first-order valence-corrected chi connectivity index (χ1v) is 10.7. The molecule has 1 aromatic heterocycles. The second-order valence-electron chi connectivity index (χ2n) is 8.11. The predicted octanol–water partition coefficient (Wildman–Crippen LogP) is 3.77. The predicted molar refractivity (Wildman–Crippen MR) is 116 cm³/mol. The average molecular weight is 428 g/mol. The van der Waals surface area contributed by atoms with Crippen molar-refractivity contribution in [1.82, 2.24) is 9.88 Å². The number of carbonyl (C=O) groups is 2.